The molecule has 0 aliphatic carbocycles. The summed E-state index contributed by atoms with van der Waals surface area (Å²) in [5, 5.41) is 2.49. The zero-order chi connectivity index (χ0) is 28.2. The van der Waals surface area contributed by atoms with Gasteiger partial charge in [-0.05, 0) is 66.2 Å². The average Bonchev–Trinajstić information content (AvgIpc) is 2.78. The molecular weight excluding hydrogens is 518 g/mol. The summed E-state index contributed by atoms with van der Waals surface area (Å²) < 4.78 is 35.5. The van der Waals surface area contributed by atoms with Crippen LogP contribution in [0.3, 0.4) is 0 Å². The van der Waals surface area contributed by atoms with E-state index in [1.807, 2.05) is 11.8 Å². The molecule has 1 fully saturated rings. The lowest BCUT2D eigenvalue weighted by Crippen LogP contribution is -2.60. The molecule has 38 heavy (non-hydrogen) atoms. The largest absolute Gasteiger partial charge is 0.444 e. The summed E-state index contributed by atoms with van der Waals surface area (Å²) >= 11 is 6.09. The van der Waals surface area contributed by atoms with Gasteiger partial charge in [0.25, 0.3) is 0 Å². The minimum atomic E-state index is -1.87. The highest BCUT2D eigenvalue weighted by molar-refractivity contribution is 6.69. The van der Waals surface area contributed by atoms with E-state index in [2.05, 4.69) is 15.3 Å². The highest BCUT2D eigenvalue weighted by atomic mass is 35.5. The summed E-state index contributed by atoms with van der Waals surface area (Å²) in [5.74, 6) is -0.390. The fourth-order valence-corrected chi connectivity index (χ4v) is 4.92. The predicted octanol–water partition coefficient (Wildman–Crippen LogP) is 5.11. The lowest BCUT2D eigenvalue weighted by atomic mass is 9.98. The maximum atomic E-state index is 15.2. The maximum Gasteiger partial charge on any atom is 0.410 e. The quantitative estimate of drug-likeness (QED) is 0.565. The fourth-order valence-electron chi connectivity index (χ4n) is 4.77. The van der Waals surface area contributed by atoms with Gasteiger partial charge in [-0.2, -0.15) is 0 Å². The number of fused-ring (bicyclic) bond motifs is 1. The number of aromatic nitrogens is 1. The van der Waals surface area contributed by atoms with Crippen LogP contribution in [0.2, 0.25) is 0 Å². The van der Waals surface area contributed by atoms with E-state index in [4.69, 9.17) is 16.3 Å². The smallest absolute Gasteiger partial charge is 0.410 e. The molecule has 2 atom stereocenters. The summed E-state index contributed by atoms with van der Waals surface area (Å²) in [5.41, 5.74) is -1.26. The van der Waals surface area contributed by atoms with E-state index in [1.54, 1.807) is 38.7 Å². The van der Waals surface area contributed by atoms with Gasteiger partial charge in [-0.1, -0.05) is 11.6 Å². The second-order valence-electron chi connectivity index (χ2n) is 11.2. The van der Waals surface area contributed by atoms with Gasteiger partial charge in [0.2, 0.25) is 0 Å². The molecule has 1 aromatic rings. The van der Waals surface area contributed by atoms with Crippen molar-refractivity contribution in [1.29, 1.82) is 0 Å². The number of nitrogens with one attached hydrogen (secondary N) is 1. The third-order valence-corrected chi connectivity index (χ3v) is 6.73. The van der Waals surface area contributed by atoms with Gasteiger partial charge in [-0.25, -0.2) is 23.4 Å². The van der Waals surface area contributed by atoms with Gasteiger partial charge in [-0.3, -0.25) is 15.2 Å². The standard InChI is InChI=1S/C26H33ClF2N6O3/c1-14-8-9-30-19(26(6,7)29)18(14)35-22-16(12-17(28)20(27)31-22)21(32-23(35)36)34-11-10-33(13-15(34)2)24(37)38-25(3,4)5/h8-9,12,15,22H,10-11,13H2,1-7H3,(H,32,36)/t15-,22?/m0/s1. The molecule has 206 valence electrons. The molecule has 9 nitrogen and oxygen atoms in total. The second-order valence-corrected chi connectivity index (χ2v) is 11.5. The molecule has 1 N–H and O–H groups in total. The van der Waals surface area contributed by atoms with Gasteiger partial charge >= 0.3 is 12.1 Å². The van der Waals surface area contributed by atoms with E-state index in [-0.39, 0.29) is 22.6 Å². The highest BCUT2D eigenvalue weighted by Gasteiger charge is 2.44. The van der Waals surface area contributed by atoms with Gasteiger partial charge in [0, 0.05) is 37.4 Å². The number of hydrogen-bond acceptors (Lipinski definition) is 6. The number of carbonyl (C=O) groups is 2. The van der Waals surface area contributed by atoms with Crippen LogP contribution >= 0.6 is 11.6 Å². The first-order chi connectivity index (χ1) is 17.6. The number of anilines is 1. The minimum Gasteiger partial charge on any atom is -0.444 e. The number of ether oxygens (including phenoxy) is 1. The molecule has 1 saturated heterocycles. The zero-order valence-corrected chi connectivity index (χ0v) is 23.4. The van der Waals surface area contributed by atoms with Crippen LogP contribution in [-0.2, 0) is 10.4 Å². The van der Waals surface area contributed by atoms with Crippen molar-refractivity contribution < 1.29 is 23.1 Å². The summed E-state index contributed by atoms with van der Waals surface area (Å²) in [7, 11) is 0. The van der Waals surface area contributed by atoms with Crippen LogP contribution in [-0.4, -0.2) is 69.5 Å². The molecular formula is C26H33ClF2N6O3. The molecule has 4 heterocycles. The SMILES string of the molecule is Cc1ccnc(C(C)(C)F)c1N1C(=O)NC(N2CCN(C(=O)OC(C)(C)C)C[C@@H]2C)=C2C=C(F)C(Cl)=NC21. The number of aryl methyl sites for hydroxylation is 1. The Labute approximate surface area is 226 Å². The lowest BCUT2D eigenvalue weighted by molar-refractivity contribution is 0.00924. The van der Waals surface area contributed by atoms with Crippen molar-refractivity contribution in [2.75, 3.05) is 24.5 Å². The topological polar surface area (TPSA) is 90.4 Å². The molecule has 3 aliphatic rings. The van der Waals surface area contributed by atoms with Gasteiger partial charge in [0.1, 0.15) is 22.8 Å². The van der Waals surface area contributed by atoms with E-state index >= 15 is 4.39 Å². The minimum absolute atomic E-state index is 0.0520. The van der Waals surface area contributed by atoms with Crippen LogP contribution < -0.4 is 10.2 Å². The van der Waals surface area contributed by atoms with Crippen molar-refractivity contribution in [3.8, 4) is 0 Å². The number of urea groups is 1. The Balaban J connectivity index is 1.74. The number of amides is 3. The molecule has 0 saturated carbocycles. The molecule has 3 aliphatic heterocycles. The number of dihydropyridines is 1. The molecule has 3 amide bonds. The van der Waals surface area contributed by atoms with Crippen LogP contribution in [0, 0.1) is 6.92 Å². The highest BCUT2D eigenvalue weighted by Crippen LogP contribution is 2.40. The van der Waals surface area contributed by atoms with E-state index in [1.165, 1.54) is 31.0 Å². The van der Waals surface area contributed by atoms with Crippen molar-refractivity contribution in [2.45, 2.75) is 71.9 Å². The maximum absolute atomic E-state index is 15.2. The van der Waals surface area contributed by atoms with Crippen molar-refractivity contribution >= 4 is 34.6 Å². The van der Waals surface area contributed by atoms with Crippen LogP contribution in [0.25, 0.3) is 0 Å². The van der Waals surface area contributed by atoms with Gasteiger partial charge in [-0.15, -0.1) is 0 Å². The van der Waals surface area contributed by atoms with Crippen molar-refractivity contribution in [1.82, 2.24) is 20.1 Å². The van der Waals surface area contributed by atoms with E-state index in [0.717, 1.165) is 0 Å². The van der Waals surface area contributed by atoms with Crippen molar-refractivity contribution in [2.24, 2.45) is 4.99 Å². The number of hydrogen-bond donors (Lipinski definition) is 1. The molecule has 0 spiro atoms. The molecule has 0 radical (unpaired) electrons. The number of halogens is 3. The molecule has 0 bridgehead atoms. The van der Waals surface area contributed by atoms with Gasteiger partial charge in [0.15, 0.2) is 17.2 Å². The summed E-state index contributed by atoms with van der Waals surface area (Å²) in [6, 6.07) is 0.838. The van der Waals surface area contributed by atoms with E-state index in [9.17, 15) is 14.0 Å². The summed E-state index contributed by atoms with van der Waals surface area (Å²) in [6.45, 7) is 12.8. The number of carbonyl (C=O) groups excluding carboxylic acids is 2. The van der Waals surface area contributed by atoms with Crippen LogP contribution in [0.4, 0.5) is 24.1 Å². The number of rotatable bonds is 3. The van der Waals surface area contributed by atoms with E-state index in [0.29, 0.717) is 36.6 Å². The summed E-state index contributed by atoms with van der Waals surface area (Å²) in [4.78, 5) is 39.5. The Morgan fingerprint density at radius 2 is 1.92 bits per heavy atom. The lowest BCUT2D eigenvalue weighted by Gasteiger charge is -2.46. The van der Waals surface area contributed by atoms with Crippen molar-refractivity contribution in [3.05, 3.63) is 46.8 Å². The second kappa shape index (κ2) is 9.83. The van der Waals surface area contributed by atoms with Crippen LogP contribution in [0.5, 0.6) is 0 Å². The molecule has 12 heteroatoms. The zero-order valence-electron chi connectivity index (χ0n) is 22.6. The van der Waals surface area contributed by atoms with E-state index < -0.39 is 35.4 Å². The van der Waals surface area contributed by atoms with Crippen molar-refractivity contribution in [3.63, 3.8) is 0 Å². The Morgan fingerprint density at radius 3 is 2.53 bits per heavy atom. The Kier molecular flexibility index (Phi) is 7.20. The fraction of sp³-hybridized carbons (Fsp3) is 0.538. The third-order valence-electron chi connectivity index (χ3n) is 6.45. The number of pyridine rings is 1. The van der Waals surface area contributed by atoms with Crippen LogP contribution in [0.1, 0.15) is 52.8 Å². The number of aliphatic imine (C=N–C) groups is 1. The molecule has 0 aromatic carbocycles. The Hall–Kier alpha value is -3.21. The average molecular weight is 551 g/mol. The molecule has 1 unspecified atom stereocenters. The first kappa shape index (κ1) is 27.8. The van der Waals surface area contributed by atoms with Gasteiger partial charge < -0.3 is 14.5 Å². The first-order valence-corrected chi connectivity index (χ1v) is 12.8. The Bertz CT molecular complexity index is 1250. The van der Waals surface area contributed by atoms with Gasteiger partial charge in [0.05, 0.1) is 5.69 Å². The summed E-state index contributed by atoms with van der Waals surface area (Å²) in [6.07, 6.45) is 1.24. The monoisotopic (exact) mass is 550 g/mol. The number of piperazine rings is 1. The molecule has 1 aromatic heterocycles. The first-order valence-electron chi connectivity index (χ1n) is 12.4. The number of nitrogens with zero attached hydrogens (tertiary/aromatic N) is 5. The third kappa shape index (κ3) is 5.34. The predicted molar refractivity (Wildman–Crippen MR) is 141 cm³/mol. The number of alkyl halides is 1. The number of allylic oxidation sites excluding steroid dienone is 1. The van der Waals surface area contributed by atoms with Crippen LogP contribution in [0.15, 0.2) is 40.6 Å². The normalized spacial score (nSPS) is 22.6. The molecule has 4 rings (SSSR count). The Morgan fingerprint density at radius 1 is 1.24 bits per heavy atom.